The highest BCUT2D eigenvalue weighted by Crippen LogP contribution is 2.07. The van der Waals surface area contributed by atoms with E-state index in [2.05, 4.69) is 24.9 Å². The second-order valence-corrected chi connectivity index (χ2v) is 2.85. The zero-order valence-electron chi connectivity index (χ0n) is 7.71. The number of aryl methyl sites for hydroxylation is 2. The zero-order chi connectivity index (χ0) is 8.10. The third-order valence-corrected chi connectivity index (χ3v) is 1.92. The van der Waals surface area contributed by atoms with Gasteiger partial charge < -0.3 is 0 Å². The number of hydrogen-bond donors (Lipinski definition) is 0. The molecule has 0 saturated heterocycles. The van der Waals surface area contributed by atoms with Crippen LogP contribution in [0.2, 0.25) is 0 Å². The van der Waals surface area contributed by atoms with Crippen LogP contribution in [0.15, 0.2) is 18.3 Å². The molecule has 12 heavy (non-hydrogen) atoms. The molecule has 0 atom stereocenters. The molecule has 0 spiro atoms. The number of pyridine rings is 1. The van der Waals surface area contributed by atoms with Crippen molar-refractivity contribution in [3.63, 3.8) is 0 Å². The molecule has 0 amide bonds. The Balaban J connectivity index is 0.00000121. The van der Waals surface area contributed by atoms with E-state index in [1.54, 1.807) is 0 Å². The highest BCUT2D eigenvalue weighted by molar-refractivity contribution is 5.85. The minimum atomic E-state index is 0. The molecule has 0 N–H and O–H groups in total. The molecular weight excluding hydrogens is 170 g/mol. The van der Waals surface area contributed by atoms with Gasteiger partial charge in [0.25, 0.3) is 0 Å². The molecular formula is C10H16ClN. The van der Waals surface area contributed by atoms with Gasteiger partial charge in [-0.15, -0.1) is 12.4 Å². The third kappa shape index (κ3) is 3.22. The van der Waals surface area contributed by atoms with Crippen molar-refractivity contribution >= 4 is 12.4 Å². The average Bonchev–Trinajstić information content (AvgIpc) is 2.03. The molecule has 0 unspecified atom stereocenters. The molecule has 0 aliphatic carbocycles. The van der Waals surface area contributed by atoms with Crippen molar-refractivity contribution in [1.29, 1.82) is 0 Å². The number of hydrogen-bond acceptors (Lipinski definition) is 1. The molecule has 0 aromatic carbocycles. The predicted octanol–water partition coefficient (Wildman–Crippen LogP) is 3.15. The van der Waals surface area contributed by atoms with Gasteiger partial charge in [-0.05, 0) is 31.4 Å². The number of nitrogens with zero attached hydrogens (tertiary/aromatic N) is 1. The average molecular weight is 186 g/mol. The summed E-state index contributed by atoms with van der Waals surface area (Å²) >= 11 is 0. The summed E-state index contributed by atoms with van der Waals surface area (Å²) in [4.78, 5) is 4.23. The lowest BCUT2D eigenvalue weighted by atomic mass is 10.1. The Bertz CT molecular complexity index is 223. The largest absolute Gasteiger partial charge is 0.261 e. The normalized spacial score (nSPS) is 9.17. The van der Waals surface area contributed by atoms with Crippen LogP contribution >= 0.6 is 12.4 Å². The van der Waals surface area contributed by atoms with Gasteiger partial charge in [-0.3, -0.25) is 4.98 Å². The molecule has 1 rings (SSSR count). The number of aromatic nitrogens is 1. The minimum absolute atomic E-state index is 0. The van der Waals surface area contributed by atoms with Crippen molar-refractivity contribution in [2.45, 2.75) is 33.1 Å². The maximum absolute atomic E-state index is 4.23. The number of rotatable bonds is 3. The second-order valence-electron chi connectivity index (χ2n) is 2.85. The lowest BCUT2D eigenvalue weighted by molar-refractivity contribution is 0.786. The van der Waals surface area contributed by atoms with Crippen LogP contribution in [0, 0.1) is 6.92 Å². The van der Waals surface area contributed by atoms with Gasteiger partial charge in [0.1, 0.15) is 0 Å². The van der Waals surface area contributed by atoms with E-state index in [4.69, 9.17) is 0 Å². The first-order valence-electron chi connectivity index (χ1n) is 4.25. The first kappa shape index (κ1) is 11.4. The molecule has 1 heterocycles. The van der Waals surface area contributed by atoms with E-state index < -0.39 is 0 Å². The van der Waals surface area contributed by atoms with Crippen molar-refractivity contribution in [3.8, 4) is 0 Å². The van der Waals surface area contributed by atoms with E-state index in [0.29, 0.717) is 0 Å². The van der Waals surface area contributed by atoms with Gasteiger partial charge in [-0.25, -0.2) is 0 Å². The Morgan fingerprint density at radius 3 is 2.75 bits per heavy atom. The standard InChI is InChI=1S/C10H15N.ClH/c1-3-4-6-10-7-5-8-11-9(10)2;/h5,7-8H,3-4,6H2,1-2H3;1H. The summed E-state index contributed by atoms with van der Waals surface area (Å²) in [6.45, 7) is 4.29. The Labute approximate surface area is 80.6 Å². The van der Waals surface area contributed by atoms with Crippen molar-refractivity contribution < 1.29 is 0 Å². The highest BCUT2D eigenvalue weighted by Gasteiger charge is 1.95. The fourth-order valence-electron chi connectivity index (χ4n) is 1.15. The summed E-state index contributed by atoms with van der Waals surface area (Å²) in [6, 6.07) is 4.18. The summed E-state index contributed by atoms with van der Waals surface area (Å²) < 4.78 is 0. The van der Waals surface area contributed by atoms with Crippen molar-refractivity contribution in [1.82, 2.24) is 4.98 Å². The van der Waals surface area contributed by atoms with Gasteiger partial charge in [0, 0.05) is 11.9 Å². The molecule has 0 bridgehead atoms. The van der Waals surface area contributed by atoms with E-state index in [0.717, 1.165) is 0 Å². The molecule has 1 nitrogen and oxygen atoms in total. The van der Waals surface area contributed by atoms with Gasteiger partial charge in [-0.2, -0.15) is 0 Å². The molecule has 0 aliphatic heterocycles. The topological polar surface area (TPSA) is 12.9 Å². The van der Waals surface area contributed by atoms with Gasteiger partial charge in [-0.1, -0.05) is 19.4 Å². The third-order valence-electron chi connectivity index (χ3n) is 1.92. The first-order chi connectivity index (χ1) is 5.34. The van der Waals surface area contributed by atoms with Crippen LogP contribution in [0.3, 0.4) is 0 Å². The van der Waals surface area contributed by atoms with Gasteiger partial charge in [0.05, 0.1) is 0 Å². The predicted molar refractivity (Wildman–Crippen MR) is 54.8 cm³/mol. The Kier molecular flexibility index (Phi) is 5.73. The molecule has 0 aliphatic rings. The van der Waals surface area contributed by atoms with E-state index in [1.807, 2.05) is 12.3 Å². The van der Waals surface area contributed by atoms with Gasteiger partial charge in [0.2, 0.25) is 0 Å². The van der Waals surface area contributed by atoms with E-state index >= 15 is 0 Å². The van der Waals surface area contributed by atoms with Crippen LogP contribution in [-0.2, 0) is 6.42 Å². The lowest BCUT2D eigenvalue weighted by Gasteiger charge is -2.01. The molecule has 0 saturated carbocycles. The van der Waals surface area contributed by atoms with Crippen molar-refractivity contribution in [2.24, 2.45) is 0 Å². The summed E-state index contributed by atoms with van der Waals surface area (Å²) in [5, 5.41) is 0. The molecule has 2 heteroatoms. The van der Waals surface area contributed by atoms with Crippen LogP contribution in [0.1, 0.15) is 31.0 Å². The fourth-order valence-corrected chi connectivity index (χ4v) is 1.15. The SMILES string of the molecule is CCCCc1cccnc1C.Cl. The summed E-state index contributed by atoms with van der Waals surface area (Å²) in [6.07, 6.45) is 5.56. The Hall–Kier alpha value is -0.560. The molecule has 0 fully saturated rings. The summed E-state index contributed by atoms with van der Waals surface area (Å²) in [7, 11) is 0. The van der Waals surface area contributed by atoms with E-state index in [1.165, 1.54) is 30.5 Å². The van der Waals surface area contributed by atoms with E-state index in [-0.39, 0.29) is 12.4 Å². The van der Waals surface area contributed by atoms with E-state index in [9.17, 15) is 0 Å². The second kappa shape index (κ2) is 6.01. The van der Waals surface area contributed by atoms with Crippen LogP contribution < -0.4 is 0 Å². The lowest BCUT2D eigenvalue weighted by Crippen LogP contribution is -1.91. The molecule has 0 radical (unpaired) electrons. The van der Waals surface area contributed by atoms with Crippen LogP contribution in [0.4, 0.5) is 0 Å². The van der Waals surface area contributed by atoms with Crippen LogP contribution in [0.5, 0.6) is 0 Å². The van der Waals surface area contributed by atoms with Crippen LogP contribution in [0.25, 0.3) is 0 Å². The zero-order valence-corrected chi connectivity index (χ0v) is 8.53. The fraction of sp³-hybridized carbons (Fsp3) is 0.500. The smallest absolute Gasteiger partial charge is 0.0404 e. The minimum Gasteiger partial charge on any atom is -0.261 e. The van der Waals surface area contributed by atoms with Gasteiger partial charge >= 0.3 is 0 Å². The van der Waals surface area contributed by atoms with Crippen LogP contribution in [-0.4, -0.2) is 4.98 Å². The quantitative estimate of drug-likeness (QED) is 0.705. The van der Waals surface area contributed by atoms with Gasteiger partial charge in [0.15, 0.2) is 0 Å². The highest BCUT2D eigenvalue weighted by atomic mass is 35.5. The molecule has 68 valence electrons. The number of halogens is 1. The maximum Gasteiger partial charge on any atom is 0.0404 e. The number of unbranched alkanes of at least 4 members (excludes halogenated alkanes) is 1. The summed E-state index contributed by atoms with van der Waals surface area (Å²) in [5.41, 5.74) is 2.58. The Morgan fingerprint density at radius 2 is 2.17 bits per heavy atom. The maximum atomic E-state index is 4.23. The first-order valence-corrected chi connectivity index (χ1v) is 4.25. The van der Waals surface area contributed by atoms with Crippen molar-refractivity contribution in [3.05, 3.63) is 29.6 Å². The van der Waals surface area contributed by atoms with Crippen molar-refractivity contribution in [2.75, 3.05) is 0 Å². The monoisotopic (exact) mass is 185 g/mol. The Morgan fingerprint density at radius 1 is 1.42 bits per heavy atom. The summed E-state index contributed by atoms with van der Waals surface area (Å²) in [5.74, 6) is 0. The molecule has 1 aromatic rings. The molecule has 1 aromatic heterocycles.